The Hall–Kier alpha value is -1.58. The van der Waals surface area contributed by atoms with Gasteiger partial charge in [-0.15, -0.1) is 0 Å². The third kappa shape index (κ3) is 3.69. The van der Waals surface area contributed by atoms with Gasteiger partial charge in [0.2, 0.25) is 0 Å². The average molecular weight is 281 g/mol. The van der Waals surface area contributed by atoms with Gasteiger partial charge >= 0.3 is 0 Å². The maximum Gasteiger partial charge on any atom is 0.141 e. The molecule has 0 aliphatic carbocycles. The van der Waals surface area contributed by atoms with Crippen molar-refractivity contribution in [2.24, 2.45) is 0 Å². The summed E-state index contributed by atoms with van der Waals surface area (Å²) in [5.41, 5.74) is 1.63. The number of halogens is 2. The van der Waals surface area contributed by atoms with Crippen molar-refractivity contribution in [1.82, 2.24) is 0 Å². The molecule has 0 saturated carbocycles. The van der Waals surface area contributed by atoms with E-state index in [0.717, 1.165) is 11.1 Å². The van der Waals surface area contributed by atoms with Crippen LogP contribution in [0.5, 0.6) is 5.75 Å². The lowest BCUT2D eigenvalue weighted by molar-refractivity contribution is 0.199. The second-order valence-electron chi connectivity index (χ2n) is 4.28. The summed E-state index contributed by atoms with van der Waals surface area (Å²) in [5.74, 6) is 0.247. The van der Waals surface area contributed by atoms with Crippen molar-refractivity contribution in [3.63, 3.8) is 0 Å². The maximum atomic E-state index is 13.0. The molecule has 0 bridgehead atoms. The highest BCUT2D eigenvalue weighted by Gasteiger charge is 2.03. The van der Waals surface area contributed by atoms with Crippen LogP contribution in [0.15, 0.2) is 42.5 Å². The zero-order valence-corrected chi connectivity index (χ0v) is 11.2. The molecule has 1 atom stereocenters. The minimum Gasteiger partial charge on any atom is -0.489 e. The van der Waals surface area contributed by atoms with Crippen LogP contribution in [-0.2, 0) is 6.61 Å². The Morgan fingerprint density at radius 1 is 1.21 bits per heavy atom. The first-order chi connectivity index (χ1) is 9.06. The smallest absolute Gasteiger partial charge is 0.141 e. The van der Waals surface area contributed by atoms with Crippen LogP contribution >= 0.6 is 11.6 Å². The minimum atomic E-state index is -0.495. The van der Waals surface area contributed by atoms with Gasteiger partial charge in [-0.25, -0.2) is 4.39 Å². The van der Waals surface area contributed by atoms with Crippen LogP contribution in [-0.4, -0.2) is 5.11 Å². The van der Waals surface area contributed by atoms with E-state index < -0.39 is 11.9 Å². The van der Waals surface area contributed by atoms with Crippen molar-refractivity contribution in [2.45, 2.75) is 19.6 Å². The Balaban J connectivity index is 2.00. The van der Waals surface area contributed by atoms with Gasteiger partial charge in [0.15, 0.2) is 0 Å². The van der Waals surface area contributed by atoms with Crippen molar-refractivity contribution in [3.05, 3.63) is 64.4 Å². The summed E-state index contributed by atoms with van der Waals surface area (Å²) in [6.07, 6.45) is -0.495. The molecule has 0 radical (unpaired) electrons. The van der Waals surface area contributed by atoms with Gasteiger partial charge in [0.1, 0.15) is 18.2 Å². The number of rotatable bonds is 4. The van der Waals surface area contributed by atoms with E-state index in [9.17, 15) is 9.50 Å². The molecule has 2 rings (SSSR count). The molecular weight excluding hydrogens is 267 g/mol. The van der Waals surface area contributed by atoms with Gasteiger partial charge < -0.3 is 9.84 Å². The zero-order valence-electron chi connectivity index (χ0n) is 10.4. The normalized spacial score (nSPS) is 12.2. The second kappa shape index (κ2) is 6.04. The monoisotopic (exact) mass is 280 g/mol. The largest absolute Gasteiger partial charge is 0.489 e. The van der Waals surface area contributed by atoms with Crippen molar-refractivity contribution in [1.29, 1.82) is 0 Å². The van der Waals surface area contributed by atoms with Crippen LogP contribution in [0.2, 0.25) is 5.02 Å². The second-order valence-corrected chi connectivity index (χ2v) is 4.69. The van der Waals surface area contributed by atoms with E-state index in [-0.39, 0.29) is 5.02 Å². The van der Waals surface area contributed by atoms with E-state index in [0.29, 0.717) is 12.4 Å². The SMILES string of the molecule is C[C@H](O)c1ccc(OCc2ccc(F)c(Cl)c2)cc1. The van der Waals surface area contributed by atoms with Crippen molar-refractivity contribution >= 4 is 11.6 Å². The summed E-state index contributed by atoms with van der Waals surface area (Å²) in [7, 11) is 0. The molecule has 2 aromatic carbocycles. The molecule has 100 valence electrons. The Morgan fingerprint density at radius 2 is 1.89 bits per heavy atom. The molecule has 0 unspecified atom stereocenters. The predicted molar refractivity (Wildman–Crippen MR) is 72.8 cm³/mol. The number of hydrogen-bond donors (Lipinski definition) is 1. The number of hydrogen-bond acceptors (Lipinski definition) is 2. The number of aliphatic hydroxyl groups is 1. The van der Waals surface area contributed by atoms with Crippen LogP contribution in [0.25, 0.3) is 0 Å². The van der Waals surface area contributed by atoms with E-state index >= 15 is 0 Å². The fourth-order valence-electron chi connectivity index (χ4n) is 1.64. The predicted octanol–water partition coefficient (Wildman–Crippen LogP) is 4.11. The minimum absolute atomic E-state index is 0.0885. The van der Waals surface area contributed by atoms with Crippen molar-refractivity contribution in [2.75, 3.05) is 0 Å². The van der Waals surface area contributed by atoms with Gasteiger partial charge in [-0.3, -0.25) is 0 Å². The highest BCUT2D eigenvalue weighted by molar-refractivity contribution is 6.30. The lowest BCUT2D eigenvalue weighted by atomic mass is 10.1. The molecule has 0 aliphatic rings. The van der Waals surface area contributed by atoms with Gasteiger partial charge in [-0.05, 0) is 42.3 Å². The Labute approximate surface area is 116 Å². The molecular formula is C15H14ClFO2. The first-order valence-electron chi connectivity index (χ1n) is 5.91. The van der Waals surface area contributed by atoms with Gasteiger partial charge in [0, 0.05) is 0 Å². The topological polar surface area (TPSA) is 29.5 Å². The summed E-state index contributed by atoms with van der Waals surface area (Å²) < 4.78 is 18.5. The summed E-state index contributed by atoms with van der Waals surface area (Å²) in [5, 5.41) is 9.48. The van der Waals surface area contributed by atoms with Crippen LogP contribution in [0.3, 0.4) is 0 Å². The summed E-state index contributed by atoms with van der Waals surface area (Å²) in [4.78, 5) is 0. The Morgan fingerprint density at radius 3 is 2.47 bits per heavy atom. The number of aliphatic hydroxyl groups excluding tert-OH is 1. The van der Waals surface area contributed by atoms with Crippen LogP contribution in [0.1, 0.15) is 24.2 Å². The molecule has 0 aliphatic heterocycles. The molecule has 4 heteroatoms. The Bertz CT molecular complexity index is 553. The lowest BCUT2D eigenvalue weighted by Gasteiger charge is -2.09. The van der Waals surface area contributed by atoms with Gasteiger partial charge in [0.05, 0.1) is 11.1 Å². The first kappa shape index (κ1) is 13.8. The highest BCUT2D eigenvalue weighted by atomic mass is 35.5. The van der Waals surface area contributed by atoms with Crippen LogP contribution < -0.4 is 4.74 Å². The Kier molecular flexibility index (Phi) is 4.40. The van der Waals surface area contributed by atoms with Crippen LogP contribution in [0, 0.1) is 5.82 Å². The summed E-state index contributed by atoms with van der Waals surface area (Å²) in [6.45, 7) is 2.02. The molecule has 2 nitrogen and oxygen atoms in total. The first-order valence-corrected chi connectivity index (χ1v) is 6.29. The third-order valence-corrected chi connectivity index (χ3v) is 3.04. The lowest BCUT2D eigenvalue weighted by Crippen LogP contribution is -1.97. The summed E-state index contributed by atoms with van der Waals surface area (Å²) in [6, 6.07) is 11.7. The summed E-state index contributed by atoms with van der Waals surface area (Å²) >= 11 is 5.69. The number of benzene rings is 2. The maximum absolute atomic E-state index is 13.0. The van der Waals surface area contributed by atoms with E-state index in [4.69, 9.17) is 16.3 Å². The van der Waals surface area contributed by atoms with Crippen molar-refractivity contribution < 1.29 is 14.2 Å². The van der Waals surface area contributed by atoms with Crippen LogP contribution in [0.4, 0.5) is 4.39 Å². The molecule has 0 fully saturated rings. The molecule has 19 heavy (non-hydrogen) atoms. The highest BCUT2D eigenvalue weighted by Crippen LogP contribution is 2.20. The van der Waals surface area contributed by atoms with Gasteiger partial charge in [-0.2, -0.15) is 0 Å². The average Bonchev–Trinajstić information content (AvgIpc) is 2.40. The van der Waals surface area contributed by atoms with Crippen molar-refractivity contribution in [3.8, 4) is 5.75 Å². The molecule has 2 aromatic rings. The van der Waals surface area contributed by atoms with E-state index in [1.54, 1.807) is 43.3 Å². The number of ether oxygens (including phenoxy) is 1. The molecule has 0 heterocycles. The van der Waals surface area contributed by atoms with Gasteiger partial charge in [-0.1, -0.05) is 29.8 Å². The molecule has 0 amide bonds. The fraction of sp³-hybridized carbons (Fsp3) is 0.200. The third-order valence-electron chi connectivity index (χ3n) is 2.75. The zero-order chi connectivity index (χ0) is 13.8. The van der Waals surface area contributed by atoms with Gasteiger partial charge in [0.25, 0.3) is 0 Å². The molecule has 0 spiro atoms. The molecule has 0 saturated heterocycles. The molecule has 0 aromatic heterocycles. The van der Waals surface area contributed by atoms with E-state index in [1.807, 2.05) is 0 Å². The standard InChI is InChI=1S/C15H14ClFO2/c1-10(18)12-3-5-13(6-4-12)19-9-11-2-7-15(17)14(16)8-11/h2-8,10,18H,9H2,1H3/t10-/m0/s1. The van der Waals surface area contributed by atoms with E-state index in [1.165, 1.54) is 6.07 Å². The quantitative estimate of drug-likeness (QED) is 0.913. The molecule has 1 N–H and O–H groups in total. The fourth-order valence-corrected chi connectivity index (χ4v) is 1.84. The van der Waals surface area contributed by atoms with E-state index in [2.05, 4.69) is 0 Å².